The van der Waals surface area contributed by atoms with Crippen LogP contribution in [-0.2, 0) is 11.2 Å². The van der Waals surface area contributed by atoms with Crippen molar-refractivity contribution in [1.82, 2.24) is 19.9 Å². The average molecular weight is 365 g/mol. The lowest BCUT2D eigenvalue weighted by molar-refractivity contribution is -0.134. The summed E-state index contributed by atoms with van der Waals surface area (Å²) in [7, 11) is 0. The molecule has 0 saturated carbocycles. The molecule has 0 spiro atoms. The largest absolute Gasteiger partial charge is 0.481 e. The van der Waals surface area contributed by atoms with E-state index in [2.05, 4.69) is 15.3 Å². The number of aromatic nitrogens is 3. The first-order valence-corrected chi connectivity index (χ1v) is 8.32. The number of fused-ring (bicyclic) bond motifs is 1. The maximum absolute atomic E-state index is 12.0. The SMILES string of the molecule is CC(=O)O.Nc1cc(-c2nccn2-c2ccc3c(c2)C(=O)NCC3)ccn1. The first-order chi connectivity index (χ1) is 13.0. The zero-order valence-electron chi connectivity index (χ0n) is 14.7. The Balaban J connectivity index is 0.000000481. The number of benzene rings is 1. The number of nitrogens with one attached hydrogen (secondary N) is 1. The molecular weight excluding hydrogens is 346 g/mol. The van der Waals surface area contributed by atoms with Gasteiger partial charge < -0.3 is 16.2 Å². The predicted molar refractivity (Wildman–Crippen MR) is 101 cm³/mol. The summed E-state index contributed by atoms with van der Waals surface area (Å²) >= 11 is 0. The van der Waals surface area contributed by atoms with Gasteiger partial charge in [0.2, 0.25) is 0 Å². The molecule has 1 amide bonds. The summed E-state index contributed by atoms with van der Waals surface area (Å²) in [6.07, 6.45) is 6.11. The maximum atomic E-state index is 12.0. The van der Waals surface area contributed by atoms with E-state index in [4.69, 9.17) is 15.6 Å². The van der Waals surface area contributed by atoms with Crippen LogP contribution in [0.2, 0.25) is 0 Å². The minimum atomic E-state index is -0.833. The molecule has 0 bridgehead atoms. The van der Waals surface area contributed by atoms with Gasteiger partial charge in [-0.05, 0) is 36.2 Å². The summed E-state index contributed by atoms with van der Waals surface area (Å²) in [5.74, 6) is 0.347. The highest BCUT2D eigenvalue weighted by Crippen LogP contribution is 2.24. The van der Waals surface area contributed by atoms with Gasteiger partial charge in [-0.3, -0.25) is 14.2 Å². The number of carboxylic acid groups (broad SMARTS) is 1. The fraction of sp³-hybridized carbons (Fsp3) is 0.158. The van der Waals surface area contributed by atoms with E-state index in [0.717, 1.165) is 41.5 Å². The molecule has 4 rings (SSSR count). The Morgan fingerprint density at radius 2 is 2.00 bits per heavy atom. The Morgan fingerprint density at radius 1 is 1.22 bits per heavy atom. The molecule has 0 saturated heterocycles. The molecule has 2 aromatic heterocycles. The van der Waals surface area contributed by atoms with Gasteiger partial charge in [0, 0.05) is 48.9 Å². The number of nitrogens with zero attached hydrogens (tertiary/aromatic N) is 3. The van der Waals surface area contributed by atoms with Gasteiger partial charge >= 0.3 is 0 Å². The van der Waals surface area contributed by atoms with E-state index in [9.17, 15) is 4.79 Å². The molecule has 4 N–H and O–H groups in total. The van der Waals surface area contributed by atoms with Crippen LogP contribution in [0.15, 0.2) is 48.9 Å². The van der Waals surface area contributed by atoms with Gasteiger partial charge in [-0.15, -0.1) is 0 Å². The van der Waals surface area contributed by atoms with E-state index in [1.165, 1.54) is 0 Å². The van der Waals surface area contributed by atoms with Crippen LogP contribution in [0.3, 0.4) is 0 Å². The molecule has 1 aliphatic rings. The number of hydrogen-bond acceptors (Lipinski definition) is 5. The average Bonchev–Trinajstić information content (AvgIpc) is 3.11. The molecule has 1 aromatic carbocycles. The molecule has 8 heteroatoms. The van der Waals surface area contributed by atoms with Gasteiger partial charge in [0.1, 0.15) is 11.6 Å². The standard InChI is InChI=1S/C17H15N5O.C2H4O2/c18-15-9-12(4-5-19-15)16-20-7-8-22(16)13-2-1-11-3-6-21-17(23)14(11)10-13;1-2(3)4/h1-2,4-5,7-10H,3,6H2,(H2,18,19)(H,21,23);1H3,(H,3,4). The van der Waals surface area contributed by atoms with Crippen molar-refractivity contribution in [3.05, 3.63) is 60.0 Å². The molecule has 27 heavy (non-hydrogen) atoms. The van der Waals surface area contributed by atoms with Crippen molar-refractivity contribution in [3.63, 3.8) is 0 Å². The molecule has 0 atom stereocenters. The molecule has 0 fully saturated rings. The molecule has 1 aliphatic heterocycles. The summed E-state index contributed by atoms with van der Waals surface area (Å²) in [5, 5.41) is 10.3. The van der Waals surface area contributed by atoms with Crippen LogP contribution in [-0.4, -0.2) is 38.1 Å². The van der Waals surface area contributed by atoms with Crippen LogP contribution in [0.5, 0.6) is 0 Å². The Labute approximate surface area is 155 Å². The van der Waals surface area contributed by atoms with E-state index < -0.39 is 5.97 Å². The van der Waals surface area contributed by atoms with Crippen molar-refractivity contribution >= 4 is 17.7 Å². The third-order valence-corrected chi connectivity index (χ3v) is 3.98. The first kappa shape index (κ1) is 18.1. The number of hydrogen-bond donors (Lipinski definition) is 3. The molecular formula is C19H19N5O3. The molecule has 0 unspecified atom stereocenters. The van der Waals surface area contributed by atoms with Crippen molar-refractivity contribution in [2.24, 2.45) is 0 Å². The molecule has 8 nitrogen and oxygen atoms in total. The fourth-order valence-electron chi connectivity index (χ4n) is 2.86. The predicted octanol–water partition coefficient (Wildman–Crippen LogP) is 1.89. The maximum Gasteiger partial charge on any atom is 0.300 e. The van der Waals surface area contributed by atoms with E-state index in [-0.39, 0.29) is 5.91 Å². The quantitative estimate of drug-likeness (QED) is 0.637. The highest BCUT2D eigenvalue weighted by Gasteiger charge is 2.18. The van der Waals surface area contributed by atoms with E-state index in [1.807, 2.05) is 35.0 Å². The number of rotatable bonds is 2. The number of amides is 1. The van der Waals surface area contributed by atoms with E-state index in [0.29, 0.717) is 12.4 Å². The Hall–Kier alpha value is -3.68. The van der Waals surface area contributed by atoms with E-state index >= 15 is 0 Å². The molecule has 138 valence electrons. The number of pyridine rings is 1. The van der Waals surface area contributed by atoms with Crippen LogP contribution in [0.1, 0.15) is 22.8 Å². The number of carboxylic acids is 1. The van der Waals surface area contributed by atoms with Gasteiger partial charge in [0.05, 0.1) is 0 Å². The van der Waals surface area contributed by atoms with Crippen molar-refractivity contribution in [2.45, 2.75) is 13.3 Å². The van der Waals surface area contributed by atoms with Crippen LogP contribution in [0.25, 0.3) is 17.1 Å². The Kier molecular flexibility index (Phi) is 5.16. The topological polar surface area (TPSA) is 123 Å². The summed E-state index contributed by atoms with van der Waals surface area (Å²) in [5.41, 5.74) is 9.33. The fourth-order valence-corrected chi connectivity index (χ4v) is 2.86. The molecule has 0 radical (unpaired) electrons. The third-order valence-electron chi connectivity index (χ3n) is 3.98. The van der Waals surface area contributed by atoms with Crippen molar-refractivity contribution < 1.29 is 14.7 Å². The molecule has 3 aromatic rings. The van der Waals surface area contributed by atoms with Gasteiger partial charge in [-0.1, -0.05) is 6.07 Å². The monoisotopic (exact) mass is 365 g/mol. The van der Waals surface area contributed by atoms with Gasteiger partial charge in [0.25, 0.3) is 11.9 Å². The summed E-state index contributed by atoms with van der Waals surface area (Å²) in [6, 6.07) is 9.56. The second-order valence-corrected chi connectivity index (χ2v) is 5.96. The molecule has 0 aliphatic carbocycles. The highest BCUT2D eigenvalue weighted by molar-refractivity contribution is 5.97. The number of nitrogen functional groups attached to an aromatic ring is 1. The number of aliphatic carboxylic acids is 1. The summed E-state index contributed by atoms with van der Waals surface area (Å²) in [6.45, 7) is 1.78. The summed E-state index contributed by atoms with van der Waals surface area (Å²) < 4.78 is 1.94. The van der Waals surface area contributed by atoms with E-state index in [1.54, 1.807) is 18.5 Å². The van der Waals surface area contributed by atoms with Gasteiger partial charge in [0.15, 0.2) is 0 Å². The van der Waals surface area contributed by atoms with Crippen LogP contribution < -0.4 is 11.1 Å². The zero-order chi connectivity index (χ0) is 19.4. The second-order valence-electron chi connectivity index (χ2n) is 5.96. The highest BCUT2D eigenvalue weighted by atomic mass is 16.4. The van der Waals surface area contributed by atoms with Crippen LogP contribution in [0.4, 0.5) is 5.82 Å². The lowest BCUT2D eigenvalue weighted by Gasteiger charge is -2.18. The number of carbonyl (C=O) groups excluding carboxylic acids is 1. The van der Waals surface area contributed by atoms with Gasteiger partial charge in [-0.25, -0.2) is 9.97 Å². The minimum absolute atomic E-state index is 0.0251. The van der Waals surface area contributed by atoms with Crippen molar-refractivity contribution in [1.29, 1.82) is 0 Å². The zero-order valence-corrected chi connectivity index (χ0v) is 14.7. The smallest absolute Gasteiger partial charge is 0.300 e. The van der Waals surface area contributed by atoms with Crippen LogP contribution in [0, 0.1) is 0 Å². The van der Waals surface area contributed by atoms with Gasteiger partial charge in [-0.2, -0.15) is 0 Å². The lowest BCUT2D eigenvalue weighted by Crippen LogP contribution is -2.31. The third kappa shape index (κ3) is 4.12. The number of imidazole rings is 1. The Bertz CT molecular complexity index is 993. The normalized spacial score (nSPS) is 12.4. The number of anilines is 1. The first-order valence-electron chi connectivity index (χ1n) is 8.32. The second kappa shape index (κ2) is 7.69. The molecule has 3 heterocycles. The lowest BCUT2D eigenvalue weighted by atomic mass is 9.99. The van der Waals surface area contributed by atoms with Crippen LogP contribution >= 0.6 is 0 Å². The number of carbonyl (C=O) groups is 2. The summed E-state index contributed by atoms with van der Waals surface area (Å²) in [4.78, 5) is 29.5. The minimum Gasteiger partial charge on any atom is -0.481 e. The van der Waals surface area contributed by atoms with Crippen molar-refractivity contribution in [3.8, 4) is 17.1 Å². The number of nitrogens with two attached hydrogens (primary N) is 1. The van der Waals surface area contributed by atoms with Crippen molar-refractivity contribution in [2.75, 3.05) is 12.3 Å². The Morgan fingerprint density at radius 3 is 2.74 bits per heavy atom.